The average molecular weight is 221 g/mol. The van der Waals surface area contributed by atoms with Gasteiger partial charge < -0.3 is 10.5 Å². The number of ether oxygens (including phenoxy) is 1. The average Bonchev–Trinajstić information content (AvgIpc) is 2.27. The maximum atomic E-state index is 11.3. The van der Waals surface area contributed by atoms with E-state index in [4.69, 9.17) is 5.73 Å². The van der Waals surface area contributed by atoms with Crippen molar-refractivity contribution in [2.75, 3.05) is 7.11 Å². The summed E-state index contributed by atoms with van der Waals surface area (Å²) < 4.78 is 4.53. The van der Waals surface area contributed by atoms with E-state index in [9.17, 15) is 9.59 Å². The smallest absolute Gasteiger partial charge is 0.318 e. The van der Waals surface area contributed by atoms with Gasteiger partial charge in [-0.05, 0) is 18.9 Å². The first-order valence-electron chi connectivity index (χ1n) is 4.97. The molecule has 16 heavy (non-hydrogen) atoms. The first kappa shape index (κ1) is 12.2. The monoisotopic (exact) mass is 221 g/mol. The molecule has 1 rings (SSSR count). The Balaban J connectivity index is 2.80. The largest absolute Gasteiger partial charge is 0.468 e. The Bertz CT molecular complexity index is 384. The fourth-order valence-corrected chi connectivity index (χ4v) is 1.40. The second-order valence-electron chi connectivity index (χ2n) is 3.67. The third-order valence-electron chi connectivity index (χ3n) is 2.39. The van der Waals surface area contributed by atoms with Gasteiger partial charge in [0.15, 0.2) is 0 Å². The minimum absolute atomic E-state index is 0.280. The number of hydrogen-bond acceptors (Lipinski definition) is 3. The zero-order valence-electron chi connectivity index (χ0n) is 9.40. The zero-order chi connectivity index (χ0) is 12.1. The Morgan fingerprint density at radius 3 is 2.31 bits per heavy atom. The molecule has 86 valence electrons. The highest BCUT2D eigenvalue weighted by Gasteiger charge is 2.25. The van der Waals surface area contributed by atoms with Gasteiger partial charge in [-0.2, -0.15) is 0 Å². The Morgan fingerprint density at radius 2 is 1.88 bits per heavy atom. The van der Waals surface area contributed by atoms with Crippen molar-refractivity contribution in [2.24, 2.45) is 11.7 Å². The lowest BCUT2D eigenvalue weighted by molar-refractivity contribution is -0.149. The van der Waals surface area contributed by atoms with Crippen molar-refractivity contribution in [3.8, 4) is 0 Å². The number of rotatable bonds is 4. The fourth-order valence-electron chi connectivity index (χ4n) is 1.40. The lowest BCUT2D eigenvalue weighted by Crippen LogP contribution is -2.32. The van der Waals surface area contributed by atoms with Crippen LogP contribution in [0.5, 0.6) is 0 Å². The molecule has 0 aromatic heterocycles. The number of nitrogens with two attached hydrogens (primary N) is 1. The van der Waals surface area contributed by atoms with Crippen LogP contribution < -0.4 is 5.73 Å². The van der Waals surface area contributed by atoms with Crippen LogP contribution in [-0.2, 0) is 20.7 Å². The van der Waals surface area contributed by atoms with Crippen LogP contribution >= 0.6 is 0 Å². The molecule has 0 radical (unpaired) electrons. The number of primary amides is 1. The lowest BCUT2D eigenvalue weighted by Gasteiger charge is -2.10. The van der Waals surface area contributed by atoms with E-state index in [1.807, 2.05) is 31.2 Å². The summed E-state index contributed by atoms with van der Waals surface area (Å²) in [6.07, 6.45) is 0.280. The van der Waals surface area contributed by atoms with Crippen LogP contribution in [0.4, 0.5) is 0 Å². The number of aryl methyl sites for hydroxylation is 1. The van der Waals surface area contributed by atoms with Gasteiger partial charge in [0.25, 0.3) is 0 Å². The number of benzene rings is 1. The van der Waals surface area contributed by atoms with E-state index in [1.165, 1.54) is 7.11 Å². The van der Waals surface area contributed by atoms with Gasteiger partial charge >= 0.3 is 5.97 Å². The van der Waals surface area contributed by atoms with E-state index in [0.717, 1.165) is 11.1 Å². The molecule has 1 aromatic rings. The van der Waals surface area contributed by atoms with Gasteiger partial charge in [0.05, 0.1) is 7.11 Å². The van der Waals surface area contributed by atoms with Crippen LogP contribution in [0.1, 0.15) is 11.1 Å². The van der Waals surface area contributed by atoms with Crippen molar-refractivity contribution in [1.29, 1.82) is 0 Å². The summed E-state index contributed by atoms with van der Waals surface area (Å²) in [6, 6.07) is 7.58. The summed E-state index contributed by atoms with van der Waals surface area (Å²) in [6.45, 7) is 1.97. The van der Waals surface area contributed by atoms with Gasteiger partial charge in [0.2, 0.25) is 5.91 Å². The molecule has 0 aliphatic rings. The van der Waals surface area contributed by atoms with Crippen LogP contribution in [0.2, 0.25) is 0 Å². The molecule has 0 saturated carbocycles. The predicted octanol–water partition coefficient (Wildman–Crippen LogP) is 0.812. The molecule has 0 aliphatic heterocycles. The standard InChI is InChI=1S/C12H15NO3/c1-8-3-5-9(6-4-8)7-10(11(13)14)12(15)16-2/h3-6,10H,7H2,1-2H3,(H2,13,14)/t10-/m0/s1. The molecule has 0 saturated heterocycles. The number of esters is 1. The summed E-state index contributed by atoms with van der Waals surface area (Å²) in [4.78, 5) is 22.4. The lowest BCUT2D eigenvalue weighted by atomic mass is 9.98. The van der Waals surface area contributed by atoms with Crippen LogP contribution in [0, 0.1) is 12.8 Å². The first-order valence-corrected chi connectivity index (χ1v) is 4.97. The summed E-state index contributed by atoms with van der Waals surface area (Å²) in [5.41, 5.74) is 7.16. The maximum Gasteiger partial charge on any atom is 0.318 e. The maximum absolute atomic E-state index is 11.3. The third-order valence-corrected chi connectivity index (χ3v) is 2.39. The molecular formula is C12H15NO3. The molecule has 1 amide bonds. The molecular weight excluding hydrogens is 206 g/mol. The van der Waals surface area contributed by atoms with Crippen LogP contribution in [0.3, 0.4) is 0 Å². The van der Waals surface area contributed by atoms with Gasteiger partial charge in [-0.1, -0.05) is 29.8 Å². The highest BCUT2D eigenvalue weighted by molar-refractivity contribution is 5.97. The Kier molecular flexibility index (Phi) is 4.05. The topological polar surface area (TPSA) is 69.4 Å². The Morgan fingerprint density at radius 1 is 1.31 bits per heavy atom. The number of hydrogen-bond donors (Lipinski definition) is 1. The van der Waals surface area contributed by atoms with Crippen LogP contribution in [0.25, 0.3) is 0 Å². The second kappa shape index (κ2) is 5.30. The van der Waals surface area contributed by atoms with Crippen LogP contribution in [0.15, 0.2) is 24.3 Å². The predicted molar refractivity (Wildman–Crippen MR) is 59.6 cm³/mol. The SMILES string of the molecule is COC(=O)[C@@H](Cc1ccc(C)cc1)C(N)=O. The van der Waals surface area contributed by atoms with Crippen molar-refractivity contribution >= 4 is 11.9 Å². The number of carbonyl (C=O) groups excluding carboxylic acids is 2. The third kappa shape index (κ3) is 3.08. The van der Waals surface area contributed by atoms with E-state index in [-0.39, 0.29) is 6.42 Å². The molecule has 0 heterocycles. The van der Waals surface area contributed by atoms with Crippen LogP contribution in [-0.4, -0.2) is 19.0 Å². The van der Waals surface area contributed by atoms with Gasteiger partial charge in [0.1, 0.15) is 5.92 Å². The van der Waals surface area contributed by atoms with Crippen molar-refractivity contribution in [2.45, 2.75) is 13.3 Å². The highest BCUT2D eigenvalue weighted by atomic mass is 16.5. The van der Waals surface area contributed by atoms with E-state index in [0.29, 0.717) is 0 Å². The fraction of sp³-hybridized carbons (Fsp3) is 0.333. The molecule has 4 heteroatoms. The molecule has 0 fully saturated rings. The second-order valence-corrected chi connectivity index (χ2v) is 3.67. The first-order chi connectivity index (χ1) is 7.54. The van der Waals surface area contributed by atoms with Crippen molar-refractivity contribution in [3.05, 3.63) is 35.4 Å². The molecule has 0 bridgehead atoms. The molecule has 4 nitrogen and oxygen atoms in total. The van der Waals surface area contributed by atoms with Gasteiger partial charge in [-0.15, -0.1) is 0 Å². The molecule has 1 aromatic carbocycles. The van der Waals surface area contributed by atoms with Gasteiger partial charge in [-0.25, -0.2) is 0 Å². The summed E-state index contributed by atoms with van der Waals surface area (Å²) in [5.74, 6) is -2.16. The Hall–Kier alpha value is -1.84. The minimum Gasteiger partial charge on any atom is -0.468 e. The highest BCUT2D eigenvalue weighted by Crippen LogP contribution is 2.11. The molecule has 1 atom stereocenters. The molecule has 0 unspecified atom stereocenters. The van der Waals surface area contributed by atoms with E-state index < -0.39 is 17.8 Å². The number of amides is 1. The molecule has 2 N–H and O–H groups in total. The molecule has 0 spiro atoms. The van der Waals surface area contributed by atoms with E-state index in [2.05, 4.69) is 4.74 Å². The number of carbonyl (C=O) groups is 2. The summed E-state index contributed by atoms with van der Waals surface area (Å²) >= 11 is 0. The summed E-state index contributed by atoms with van der Waals surface area (Å²) in [5, 5.41) is 0. The van der Waals surface area contributed by atoms with Crippen molar-refractivity contribution in [1.82, 2.24) is 0 Å². The minimum atomic E-state index is -0.910. The molecule has 0 aliphatic carbocycles. The van der Waals surface area contributed by atoms with E-state index in [1.54, 1.807) is 0 Å². The van der Waals surface area contributed by atoms with Crippen molar-refractivity contribution in [3.63, 3.8) is 0 Å². The van der Waals surface area contributed by atoms with E-state index >= 15 is 0 Å². The van der Waals surface area contributed by atoms with Gasteiger partial charge in [-0.3, -0.25) is 9.59 Å². The quantitative estimate of drug-likeness (QED) is 0.604. The van der Waals surface area contributed by atoms with Crippen molar-refractivity contribution < 1.29 is 14.3 Å². The number of methoxy groups -OCH3 is 1. The van der Waals surface area contributed by atoms with Gasteiger partial charge in [0, 0.05) is 0 Å². The zero-order valence-corrected chi connectivity index (χ0v) is 9.40. The summed E-state index contributed by atoms with van der Waals surface area (Å²) in [7, 11) is 1.24. The Labute approximate surface area is 94.4 Å². The normalized spacial score (nSPS) is 11.9.